The van der Waals surface area contributed by atoms with Gasteiger partial charge in [-0.3, -0.25) is 4.84 Å². The Morgan fingerprint density at radius 2 is 1.86 bits per heavy atom. The largest absolute Gasteiger partial charge is 0.287 e. The molecule has 0 aromatic heterocycles. The van der Waals surface area contributed by atoms with Crippen LogP contribution in [0.5, 0.6) is 0 Å². The molecule has 1 aromatic carbocycles. The number of hydrogen-bond donors (Lipinski definition) is 1. The lowest BCUT2D eigenvalue weighted by molar-refractivity contribution is 0.105. The van der Waals surface area contributed by atoms with Crippen LogP contribution in [0.3, 0.4) is 0 Å². The maximum Gasteiger partial charge on any atom is 0.262 e. The second kappa shape index (κ2) is 5.98. The van der Waals surface area contributed by atoms with Gasteiger partial charge < -0.3 is 0 Å². The number of nitrogens with one attached hydrogen (secondary N) is 1. The van der Waals surface area contributed by atoms with Crippen molar-refractivity contribution in [1.29, 1.82) is 0 Å². The van der Waals surface area contributed by atoms with Crippen molar-refractivity contribution in [3.8, 4) is 0 Å². The van der Waals surface area contributed by atoms with Crippen molar-refractivity contribution in [2.45, 2.75) is 11.8 Å². The normalized spacial score (nSPS) is 10.6. The summed E-state index contributed by atoms with van der Waals surface area (Å²) >= 11 is 0. The zero-order chi connectivity index (χ0) is 9.73. The van der Waals surface area contributed by atoms with Crippen molar-refractivity contribution in [1.82, 2.24) is 4.89 Å². The summed E-state index contributed by atoms with van der Waals surface area (Å²) < 4.78 is 22.7. The zero-order valence-corrected chi connectivity index (χ0v) is 9.27. The average Bonchev–Trinajstić information content (AvgIpc) is 2.16. The molecule has 6 heteroatoms. The smallest absolute Gasteiger partial charge is 0.262 e. The summed E-state index contributed by atoms with van der Waals surface area (Å²) in [6, 6.07) is 8.06. The number of hydrogen-bond acceptors (Lipinski definition) is 3. The van der Waals surface area contributed by atoms with Crippen molar-refractivity contribution in [2.75, 3.05) is 6.61 Å². The van der Waals surface area contributed by atoms with Crippen molar-refractivity contribution in [3.63, 3.8) is 0 Å². The van der Waals surface area contributed by atoms with Crippen LogP contribution >= 0.6 is 12.4 Å². The van der Waals surface area contributed by atoms with Crippen LogP contribution in [-0.2, 0) is 14.9 Å². The first-order chi connectivity index (χ1) is 6.17. The Kier molecular flexibility index (Phi) is 5.71. The lowest BCUT2D eigenvalue weighted by Crippen LogP contribution is -2.23. The molecule has 0 amide bonds. The molecule has 0 saturated carbocycles. The van der Waals surface area contributed by atoms with Crippen LogP contribution in [0.25, 0.3) is 0 Å². The third-order valence-corrected chi connectivity index (χ3v) is 2.60. The first kappa shape index (κ1) is 13.4. The van der Waals surface area contributed by atoms with Gasteiger partial charge >= 0.3 is 0 Å². The Hall–Kier alpha value is -0.620. The summed E-state index contributed by atoms with van der Waals surface area (Å²) in [4.78, 5) is 6.81. The van der Waals surface area contributed by atoms with Gasteiger partial charge in [-0.05, 0) is 19.1 Å². The van der Waals surface area contributed by atoms with E-state index in [0.29, 0.717) is 6.61 Å². The highest BCUT2D eigenvalue weighted by Gasteiger charge is 2.11. The van der Waals surface area contributed by atoms with E-state index in [1.807, 2.05) is 4.89 Å². The quantitative estimate of drug-likeness (QED) is 0.804. The Bertz CT molecular complexity index is 352. The molecule has 1 aromatic rings. The van der Waals surface area contributed by atoms with Crippen molar-refractivity contribution >= 4 is 22.4 Å². The molecule has 80 valence electrons. The summed E-state index contributed by atoms with van der Waals surface area (Å²) in [5, 5.41) is 0. The molecule has 0 spiro atoms. The fourth-order valence-corrected chi connectivity index (χ4v) is 1.67. The van der Waals surface area contributed by atoms with Crippen LogP contribution in [0.2, 0.25) is 0 Å². The second-order valence-electron chi connectivity index (χ2n) is 2.33. The molecule has 0 aliphatic rings. The van der Waals surface area contributed by atoms with E-state index in [2.05, 4.69) is 4.84 Å². The number of sulfonamides is 1. The molecule has 0 fully saturated rings. The molecule has 1 rings (SSSR count). The minimum atomic E-state index is -3.49. The van der Waals surface area contributed by atoms with E-state index < -0.39 is 10.0 Å². The molecular weight excluding hydrogens is 226 g/mol. The van der Waals surface area contributed by atoms with Gasteiger partial charge in [-0.15, -0.1) is 12.4 Å². The third-order valence-electron chi connectivity index (χ3n) is 1.37. The highest BCUT2D eigenvalue weighted by molar-refractivity contribution is 7.89. The lowest BCUT2D eigenvalue weighted by atomic mass is 10.4. The Morgan fingerprint density at radius 1 is 1.29 bits per heavy atom. The van der Waals surface area contributed by atoms with Crippen LogP contribution in [0, 0.1) is 0 Å². The van der Waals surface area contributed by atoms with E-state index in [0.717, 1.165) is 0 Å². The second-order valence-corrected chi connectivity index (χ2v) is 3.98. The highest BCUT2D eigenvalue weighted by atomic mass is 35.5. The maximum absolute atomic E-state index is 11.4. The first-order valence-corrected chi connectivity index (χ1v) is 5.34. The van der Waals surface area contributed by atoms with Crippen molar-refractivity contribution in [3.05, 3.63) is 30.3 Å². The molecule has 4 nitrogen and oxygen atoms in total. The molecular formula is C8H12ClNO3S. The van der Waals surface area contributed by atoms with Gasteiger partial charge in [0.1, 0.15) is 0 Å². The summed E-state index contributed by atoms with van der Waals surface area (Å²) in [6.07, 6.45) is 0. The Labute approximate surface area is 89.7 Å². The Morgan fingerprint density at radius 3 is 2.36 bits per heavy atom. The highest BCUT2D eigenvalue weighted by Crippen LogP contribution is 2.06. The fourth-order valence-electron chi connectivity index (χ4n) is 0.784. The minimum Gasteiger partial charge on any atom is -0.287 e. The van der Waals surface area contributed by atoms with Gasteiger partial charge in [0.25, 0.3) is 10.0 Å². The SMILES string of the molecule is CCONS(=O)(=O)c1ccccc1.Cl. The molecule has 0 aliphatic heterocycles. The van der Waals surface area contributed by atoms with E-state index in [1.165, 1.54) is 12.1 Å². The summed E-state index contributed by atoms with van der Waals surface area (Å²) in [6.45, 7) is 2.00. The van der Waals surface area contributed by atoms with Gasteiger partial charge in [-0.1, -0.05) is 23.1 Å². The van der Waals surface area contributed by atoms with Crippen LogP contribution < -0.4 is 4.89 Å². The topological polar surface area (TPSA) is 55.4 Å². The van der Waals surface area contributed by atoms with Crippen LogP contribution in [0.15, 0.2) is 35.2 Å². The van der Waals surface area contributed by atoms with Gasteiger partial charge in [0, 0.05) is 0 Å². The van der Waals surface area contributed by atoms with E-state index in [4.69, 9.17) is 0 Å². The third kappa shape index (κ3) is 3.63. The van der Waals surface area contributed by atoms with Gasteiger partial charge in [0.2, 0.25) is 0 Å². The molecule has 0 bridgehead atoms. The molecule has 0 atom stereocenters. The van der Waals surface area contributed by atoms with Gasteiger partial charge in [-0.2, -0.15) is 0 Å². The van der Waals surface area contributed by atoms with Gasteiger partial charge in [0.15, 0.2) is 0 Å². The molecule has 1 N–H and O–H groups in total. The van der Waals surface area contributed by atoms with Crippen LogP contribution in [0.1, 0.15) is 6.92 Å². The lowest BCUT2D eigenvalue weighted by Gasteiger charge is -2.04. The standard InChI is InChI=1S/C8H11NO3S.ClH/c1-2-12-9-13(10,11)8-6-4-3-5-7-8;/h3-7,9H,2H2,1H3;1H. The zero-order valence-electron chi connectivity index (χ0n) is 7.64. The molecule has 0 aliphatic carbocycles. The molecule has 0 unspecified atom stereocenters. The maximum atomic E-state index is 11.4. The molecule has 14 heavy (non-hydrogen) atoms. The van der Waals surface area contributed by atoms with Gasteiger partial charge in [0.05, 0.1) is 11.5 Å². The molecule has 0 saturated heterocycles. The number of benzene rings is 1. The number of rotatable bonds is 4. The number of halogens is 1. The molecule has 0 radical (unpaired) electrons. The van der Waals surface area contributed by atoms with Crippen LogP contribution in [-0.4, -0.2) is 15.0 Å². The van der Waals surface area contributed by atoms with E-state index in [-0.39, 0.29) is 17.3 Å². The Balaban J connectivity index is 0.00000169. The first-order valence-electron chi connectivity index (χ1n) is 3.85. The summed E-state index contributed by atoms with van der Waals surface area (Å²) in [5.41, 5.74) is 0. The van der Waals surface area contributed by atoms with E-state index in [9.17, 15) is 8.42 Å². The van der Waals surface area contributed by atoms with Gasteiger partial charge in [-0.25, -0.2) is 8.42 Å². The van der Waals surface area contributed by atoms with E-state index in [1.54, 1.807) is 25.1 Å². The summed E-state index contributed by atoms with van der Waals surface area (Å²) in [7, 11) is -3.49. The van der Waals surface area contributed by atoms with E-state index >= 15 is 0 Å². The van der Waals surface area contributed by atoms with Crippen molar-refractivity contribution < 1.29 is 13.3 Å². The predicted molar refractivity (Wildman–Crippen MR) is 55.6 cm³/mol. The molecule has 0 heterocycles. The average molecular weight is 238 g/mol. The minimum absolute atomic E-state index is 0. The van der Waals surface area contributed by atoms with Crippen molar-refractivity contribution in [2.24, 2.45) is 0 Å². The van der Waals surface area contributed by atoms with Crippen LogP contribution in [0.4, 0.5) is 0 Å². The monoisotopic (exact) mass is 237 g/mol. The predicted octanol–water partition coefficient (Wildman–Crippen LogP) is 1.34. The fraction of sp³-hybridized carbons (Fsp3) is 0.250. The summed E-state index contributed by atoms with van der Waals surface area (Å²) in [5.74, 6) is 0.